The second kappa shape index (κ2) is 2.19. The summed E-state index contributed by atoms with van der Waals surface area (Å²) >= 11 is 0. The molecule has 0 spiro atoms. The van der Waals surface area contributed by atoms with Crippen molar-refractivity contribution in [3.05, 3.63) is 24.2 Å². The van der Waals surface area contributed by atoms with Gasteiger partial charge >= 0.3 is 0 Å². The Bertz CT molecular complexity index is 162. The van der Waals surface area contributed by atoms with Crippen LogP contribution in [0, 0.1) is 0 Å². The van der Waals surface area contributed by atoms with Crippen molar-refractivity contribution in [1.29, 1.82) is 0 Å². The van der Waals surface area contributed by atoms with Gasteiger partial charge in [-0.15, -0.1) is 0 Å². The van der Waals surface area contributed by atoms with E-state index in [1.165, 1.54) is 12.3 Å². The summed E-state index contributed by atoms with van der Waals surface area (Å²) in [6.45, 7) is 0. The van der Waals surface area contributed by atoms with Gasteiger partial charge in [0.2, 0.25) is 0 Å². The molecule has 2 nitrogen and oxygen atoms in total. The lowest BCUT2D eigenvalue weighted by atomic mass is 10.3. The fourth-order valence-corrected chi connectivity index (χ4v) is 0.650. The second-order valence-corrected chi connectivity index (χ2v) is 2.03. The van der Waals surface area contributed by atoms with Gasteiger partial charge in [0.25, 0.3) is 0 Å². The van der Waals surface area contributed by atoms with E-state index in [4.69, 9.17) is 5.73 Å². The summed E-state index contributed by atoms with van der Waals surface area (Å²) in [6.07, 6.45) is 4.16. The Morgan fingerprint density at radius 1 is 1.78 bits per heavy atom. The first-order chi connectivity index (χ1) is 4.20. The molecule has 3 heteroatoms. The van der Waals surface area contributed by atoms with E-state index in [9.17, 15) is 4.39 Å². The minimum atomic E-state index is -0.251. The SMILES string of the molecule is CN1C=C(F)C=CC1N. The topological polar surface area (TPSA) is 29.3 Å². The molecule has 0 radical (unpaired) electrons. The van der Waals surface area contributed by atoms with E-state index in [2.05, 4.69) is 0 Å². The summed E-state index contributed by atoms with van der Waals surface area (Å²) in [6, 6.07) is 0. The number of rotatable bonds is 0. The molecule has 0 saturated heterocycles. The predicted molar refractivity (Wildman–Crippen MR) is 34.1 cm³/mol. The molecule has 2 N–H and O–H groups in total. The highest BCUT2D eigenvalue weighted by molar-refractivity contribution is 5.17. The molecule has 0 amide bonds. The van der Waals surface area contributed by atoms with E-state index < -0.39 is 0 Å². The van der Waals surface area contributed by atoms with Gasteiger partial charge in [0.05, 0.1) is 6.17 Å². The molecule has 1 unspecified atom stereocenters. The molecule has 1 aliphatic heterocycles. The van der Waals surface area contributed by atoms with Crippen molar-refractivity contribution in [2.75, 3.05) is 7.05 Å². The van der Waals surface area contributed by atoms with Crippen molar-refractivity contribution in [2.45, 2.75) is 6.17 Å². The van der Waals surface area contributed by atoms with Crippen molar-refractivity contribution in [3.63, 3.8) is 0 Å². The van der Waals surface area contributed by atoms with Crippen molar-refractivity contribution < 1.29 is 4.39 Å². The van der Waals surface area contributed by atoms with E-state index >= 15 is 0 Å². The summed E-state index contributed by atoms with van der Waals surface area (Å²) < 4.78 is 12.3. The van der Waals surface area contributed by atoms with Crippen molar-refractivity contribution >= 4 is 0 Å². The van der Waals surface area contributed by atoms with Crippen LogP contribution in [0.15, 0.2) is 24.2 Å². The van der Waals surface area contributed by atoms with Crippen LogP contribution in [-0.4, -0.2) is 18.1 Å². The fourth-order valence-electron chi connectivity index (χ4n) is 0.650. The molecule has 0 aliphatic carbocycles. The van der Waals surface area contributed by atoms with E-state index in [1.54, 1.807) is 18.0 Å². The van der Waals surface area contributed by atoms with Crippen LogP contribution in [-0.2, 0) is 0 Å². The van der Waals surface area contributed by atoms with Crippen LogP contribution in [0.5, 0.6) is 0 Å². The van der Waals surface area contributed by atoms with E-state index in [0.29, 0.717) is 0 Å². The first-order valence-electron chi connectivity index (χ1n) is 2.73. The highest BCUT2D eigenvalue weighted by Gasteiger charge is 2.06. The Hall–Kier alpha value is -0.830. The van der Waals surface area contributed by atoms with Gasteiger partial charge in [-0.3, -0.25) is 0 Å². The fraction of sp³-hybridized carbons (Fsp3) is 0.333. The molecule has 0 bridgehead atoms. The molecule has 50 valence electrons. The maximum atomic E-state index is 12.3. The maximum absolute atomic E-state index is 12.3. The monoisotopic (exact) mass is 128 g/mol. The number of allylic oxidation sites excluding steroid dienone is 2. The minimum absolute atomic E-state index is 0.176. The van der Waals surface area contributed by atoms with Gasteiger partial charge in [0.1, 0.15) is 5.83 Å². The van der Waals surface area contributed by atoms with Gasteiger partial charge < -0.3 is 10.6 Å². The molecule has 1 aliphatic rings. The quantitative estimate of drug-likeness (QED) is 0.517. The van der Waals surface area contributed by atoms with E-state index in [1.807, 2.05) is 0 Å². The van der Waals surface area contributed by atoms with Crippen molar-refractivity contribution in [1.82, 2.24) is 4.90 Å². The number of nitrogens with two attached hydrogens (primary N) is 1. The molecular weight excluding hydrogens is 119 g/mol. The Kier molecular flexibility index (Phi) is 1.53. The van der Waals surface area contributed by atoms with Crippen LogP contribution in [0.2, 0.25) is 0 Å². The van der Waals surface area contributed by atoms with Crippen LogP contribution in [0.25, 0.3) is 0 Å². The molecular formula is C6H9FN2. The van der Waals surface area contributed by atoms with Gasteiger partial charge in [-0.25, -0.2) is 4.39 Å². The lowest BCUT2D eigenvalue weighted by Gasteiger charge is -2.22. The third-order valence-electron chi connectivity index (χ3n) is 1.25. The highest BCUT2D eigenvalue weighted by atomic mass is 19.1. The third kappa shape index (κ3) is 1.29. The average molecular weight is 128 g/mol. The molecule has 0 aromatic heterocycles. The second-order valence-electron chi connectivity index (χ2n) is 2.03. The lowest BCUT2D eigenvalue weighted by Crippen LogP contribution is -2.35. The summed E-state index contributed by atoms with van der Waals surface area (Å²) in [7, 11) is 1.73. The normalized spacial score (nSPS) is 26.3. The Morgan fingerprint density at radius 3 is 2.89 bits per heavy atom. The van der Waals surface area contributed by atoms with Gasteiger partial charge in [-0.2, -0.15) is 0 Å². The Morgan fingerprint density at radius 2 is 2.44 bits per heavy atom. The summed E-state index contributed by atoms with van der Waals surface area (Å²) in [5.74, 6) is -0.251. The summed E-state index contributed by atoms with van der Waals surface area (Å²) in [5.41, 5.74) is 5.47. The molecule has 1 atom stereocenters. The smallest absolute Gasteiger partial charge is 0.138 e. The Balaban J connectivity index is 2.70. The molecule has 1 heterocycles. The number of nitrogens with zero attached hydrogens (tertiary/aromatic N) is 1. The summed E-state index contributed by atoms with van der Waals surface area (Å²) in [4.78, 5) is 1.61. The van der Waals surface area contributed by atoms with Crippen LogP contribution < -0.4 is 5.73 Å². The highest BCUT2D eigenvalue weighted by Crippen LogP contribution is 2.08. The molecule has 1 rings (SSSR count). The molecule has 0 fully saturated rings. The number of hydrogen-bond donors (Lipinski definition) is 1. The maximum Gasteiger partial charge on any atom is 0.138 e. The van der Waals surface area contributed by atoms with Crippen LogP contribution in [0.1, 0.15) is 0 Å². The molecule has 0 saturated carbocycles. The van der Waals surface area contributed by atoms with Gasteiger partial charge in [-0.1, -0.05) is 0 Å². The zero-order valence-corrected chi connectivity index (χ0v) is 5.21. The number of likely N-dealkylation sites (N-methyl/N-ethyl adjacent to an activating group) is 1. The summed E-state index contributed by atoms with van der Waals surface area (Å²) in [5, 5.41) is 0. The first kappa shape index (κ1) is 6.29. The largest absolute Gasteiger partial charge is 0.359 e. The first-order valence-corrected chi connectivity index (χ1v) is 2.73. The lowest BCUT2D eigenvalue weighted by molar-refractivity contribution is 0.373. The predicted octanol–water partition coefficient (Wildman–Crippen LogP) is 0.584. The number of hydrogen-bond acceptors (Lipinski definition) is 2. The molecule has 9 heavy (non-hydrogen) atoms. The van der Waals surface area contributed by atoms with Crippen molar-refractivity contribution in [2.24, 2.45) is 5.73 Å². The van der Waals surface area contributed by atoms with E-state index in [-0.39, 0.29) is 12.0 Å². The zero-order chi connectivity index (χ0) is 6.85. The minimum Gasteiger partial charge on any atom is -0.359 e. The molecule has 0 aromatic carbocycles. The number of halogens is 1. The average Bonchev–Trinajstić information content (AvgIpc) is 1.80. The third-order valence-corrected chi connectivity index (χ3v) is 1.25. The van der Waals surface area contributed by atoms with Crippen LogP contribution in [0.4, 0.5) is 4.39 Å². The van der Waals surface area contributed by atoms with E-state index in [0.717, 1.165) is 0 Å². The van der Waals surface area contributed by atoms with Crippen molar-refractivity contribution in [3.8, 4) is 0 Å². The molecule has 0 aromatic rings. The Labute approximate surface area is 53.4 Å². The van der Waals surface area contributed by atoms with Gasteiger partial charge in [0, 0.05) is 13.2 Å². The van der Waals surface area contributed by atoms with Gasteiger partial charge in [-0.05, 0) is 12.2 Å². The standard InChI is InChI=1S/C6H9FN2/c1-9-4-5(7)2-3-6(9)8/h2-4,6H,8H2,1H3. The van der Waals surface area contributed by atoms with Crippen LogP contribution in [0.3, 0.4) is 0 Å². The van der Waals surface area contributed by atoms with Gasteiger partial charge in [0.15, 0.2) is 0 Å². The zero-order valence-electron chi connectivity index (χ0n) is 5.21. The van der Waals surface area contributed by atoms with Crippen LogP contribution >= 0.6 is 0 Å².